The van der Waals surface area contributed by atoms with Crippen molar-refractivity contribution in [2.75, 3.05) is 6.54 Å². The summed E-state index contributed by atoms with van der Waals surface area (Å²) < 4.78 is 39.1. The third kappa shape index (κ3) is 3.34. The van der Waals surface area contributed by atoms with Crippen LogP contribution in [-0.2, 0) is 6.18 Å². The Bertz CT molecular complexity index is 524. The second-order valence-corrected chi connectivity index (χ2v) is 6.14. The van der Waals surface area contributed by atoms with Gasteiger partial charge in [-0.1, -0.05) is 22.9 Å². The molecule has 1 fully saturated rings. The van der Waals surface area contributed by atoms with E-state index in [0.717, 1.165) is 25.3 Å². The van der Waals surface area contributed by atoms with E-state index in [1.165, 1.54) is 12.1 Å². The second kappa shape index (κ2) is 5.39. The third-order valence-corrected chi connectivity index (χ3v) is 4.36. The third-order valence-electron chi connectivity index (χ3n) is 3.86. The lowest BCUT2D eigenvalue weighted by molar-refractivity contribution is -0.138. The first kappa shape index (κ1) is 15.4. The number of carbonyl (C=O) groups is 1. The summed E-state index contributed by atoms with van der Waals surface area (Å²) in [7, 11) is 0. The second-order valence-electron chi connectivity index (χ2n) is 5.22. The molecule has 0 aliphatic heterocycles. The fraction of sp³-hybridized carbons (Fsp3) is 0.500. The molecule has 2 rings (SSSR count). The van der Waals surface area contributed by atoms with Gasteiger partial charge < -0.3 is 5.32 Å². The van der Waals surface area contributed by atoms with Crippen LogP contribution in [0.15, 0.2) is 22.7 Å². The van der Waals surface area contributed by atoms with Crippen LogP contribution < -0.4 is 5.32 Å². The molecule has 0 saturated heterocycles. The standard InChI is InChI=1S/C14H15BrF3NO/c1-2-13(5-6-13)8-19-12(20)10-4-3-9(15)7-11(10)14(16,17)18/h3-4,7H,2,5-6,8H2,1H3,(H,19,20). The van der Waals surface area contributed by atoms with Crippen LogP contribution in [0.5, 0.6) is 0 Å². The molecule has 0 atom stereocenters. The highest BCUT2D eigenvalue weighted by atomic mass is 79.9. The predicted molar refractivity (Wildman–Crippen MR) is 73.4 cm³/mol. The van der Waals surface area contributed by atoms with E-state index >= 15 is 0 Å². The Morgan fingerprint density at radius 1 is 1.40 bits per heavy atom. The summed E-state index contributed by atoms with van der Waals surface area (Å²) in [5.74, 6) is -0.662. The normalized spacial score (nSPS) is 16.9. The van der Waals surface area contributed by atoms with E-state index in [1.54, 1.807) is 0 Å². The Labute approximate surface area is 123 Å². The average Bonchev–Trinajstić information content (AvgIpc) is 3.15. The summed E-state index contributed by atoms with van der Waals surface area (Å²) in [6.07, 6.45) is -1.56. The van der Waals surface area contributed by atoms with Crippen LogP contribution in [0, 0.1) is 5.41 Å². The zero-order valence-corrected chi connectivity index (χ0v) is 12.6. The van der Waals surface area contributed by atoms with Crippen molar-refractivity contribution in [3.05, 3.63) is 33.8 Å². The quantitative estimate of drug-likeness (QED) is 0.858. The Hall–Kier alpha value is -1.04. The minimum Gasteiger partial charge on any atom is -0.351 e. The molecule has 2 nitrogen and oxygen atoms in total. The van der Waals surface area contributed by atoms with Gasteiger partial charge in [0.1, 0.15) is 0 Å². The largest absolute Gasteiger partial charge is 0.417 e. The highest BCUT2D eigenvalue weighted by molar-refractivity contribution is 9.10. The van der Waals surface area contributed by atoms with E-state index in [9.17, 15) is 18.0 Å². The first-order valence-corrected chi connectivity index (χ1v) is 7.22. The molecule has 1 aliphatic carbocycles. The van der Waals surface area contributed by atoms with Gasteiger partial charge >= 0.3 is 6.18 Å². The monoisotopic (exact) mass is 349 g/mol. The number of rotatable bonds is 4. The summed E-state index contributed by atoms with van der Waals surface area (Å²) in [5, 5.41) is 2.63. The molecule has 1 saturated carbocycles. The number of alkyl halides is 3. The van der Waals surface area contributed by atoms with Gasteiger partial charge in [-0.05, 0) is 42.9 Å². The topological polar surface area (TPSA) is 29.1 Å². The van der Waals surface area contributed by atoms with Crippen molar-refractivity contribution in [2.45, 2.75) is 32.4 Å². The number of nitrogens with one attached hydrogen (secondary N) is 1. The maximum Gasteiger partial charge on any atom is 0.417 e. The van der Waals surface area contributed by atoms with Crippen LogP contribution in [0.1, 0.15) is 42.1 Å². The molecule has 0 heterocycles. The van der Waals surface area contributed by atoms with Crippen molar-refractivity contribution in [1.29, 1.82) is 0 Å². The SMILES string of the molecule is CCC1(CNC(=O)c2ccc(Br)cc2C(F)(F)F)CC1. The van der Waals surface area contributed by atoms with Gasteiger partial charge in [-0.25, -0.2) is 0 Å². The average molecular weight is 350 g/mol. The number of benzene rings is 1. The molecular weight excluding hydrogens is 335 g/mol. The zero-order chi connectivity index (χ0) is 15.0. The number of carbonyl (C=O) groups excluding carboxylic acids is 1. The maximum absolute atomic E-state index is 12.9. The van der Waals surface area contributed by atoms with Crippen LogP contribution >= 0.6 is 15.9 Å². The summed E-state index contributed by atoms with van der Waals surface area (Å²) in [4.78, 5) is 12.0. The van der Waals surface area contributed by atoms with Gasteiger partial charge in [-0.3, -0.25) is 4.79 Å². The molecule has 1 aliphatic rings. The minimum absolute atomic E-state index is 0.101. The zero-order valence-electron chi connectivity index (χ0n) is 11.0. The highest BCUT2D eigenvalue weighted by Gasteiger charge is 2.41. The lowest BCUT2D eigenvalue weighted by atomic mass is 10.0. The molecule has 1 aromatic carbocycles. The van der Waals surface area contributed by atoms with Crippen LogP contribution in [0.2, 0.25) is 0 Å². The van der Waals surface area contributed by atoms with Gasteiger partial charge in [-0.2, -0.15) is 13.2 Å². The fourth-order valence-electron chi connectivity index (χ4n) is 2.14. The number of hydrogen-bond acceptors (Lipinski definition) is 1. The summed E-state index contributed by atoms with van der Waals surface area (Å²) in [6, 6.07) is 3.58. The van der Waals surface area contributed by atoms with E-state index in [1.807, 2.05) is 6.92 Å². The van der Waals surface area contributed by atoms with Crippen molar-refractivity contribution >= 4 is 21.8 Å². The molecule has 6 heteroatoms. The number of halogens is 4. The molecular formula is C14H15BrF3NO. The smallest absolute Gasteiger partial charge is 0.351 e. The van der Waals surface area contributed by atoms with Gasteiger partial charge in [0.2, 0.25) is 0 Å². The molecule has 0 spiro atoms. The molecule has 1 N–H and O–H groups in total. The molecule has 0 aromatic heterocycles. The predicted octanol–water partition coefficient (Wildman–Crippen LogP) is 4.39. The Morgan fingerprint density at radius 2 is 2.05 bits per heavy atom. The fourth-order valence-corrected chi connectivity index (χ4v) is 2.51. The molecule has 20 heavy (non-hydrogen) atoms. The first-order valence-electron chi connectivity index (χ1n) is 6.42. The van der Waals surface area contributed by atoms with Crippen LogP contribution in [0.4, 0.5) is 13.2 Å². The van der Waals surface area contributed by atoms with Crippen molar-refractivity contribution in [1.82, 2.24) is 5.32 Å². The maximum atomic E-state index is 12.9. The van der Waals surface area contributed by atoms with E-state index in [2.05, 4.69) is 21.2 Å². The van der Waals surface area contributed by atoms with Crippen molar-refractivity contribution in [2.24, 2.45) is 5.41 Å². The van der Waals surface area contributed by atoms with E-state index in [0.29, 0.717) is 11.0 Å². The summed E-state index contributed by atoms with van der Waals surface area (Å²) in [5.41, 5.74) is -1.14. The van der Waals surface area contributed by atoms with Gasteiger partial charge in [0, 0.05) is 11.0 Å². The molecule has 0 bridgehead atoms. The van der Waals surface area contributed by atoms with E-state index in [-0.39, 0.29) is 11.0 Å². The molecule has 0 radical (unpaired) electrons. The van der Waals surface area contributed by atoms with Crippen LogP contribution in [0.3, 0.4) is 0 Å². The Morgan fingerprint density at radius 3 is 2.55 bits per heavy atom. The molecule has 1 aromatic rings. The van der Waals surface area contributed by atoms with Crippen molar-refractivity contribution < 1.29 is 18.0 Å². The van der Waals surface area contributed by atoms with Gasteiger partial charge in [0.25, 0.3) is 5.91 Å². The van der Waals surface area contributed by atoms with Gasteiger partial charge in [0.05, 0.1) is 11.1 Å². The van der Waals surface area contributed by atoms with Crippen LogP contribution in [0.25, 0.3) is 0 Å². The molecule has 110 valence electrons. The van der Waals surface area contributed by atoms with E-state index in [4.69, 9.17) is 0 Å². The van der Waals surface area contributed by atoms with E-state index < -0.39 is 17.6 Å². The number of amides is 1. The molecule has 1 amide bonds. The Balaban J connectivity index is 2.17. The van der Waals surface area contributed by atoms with Gasteiger partial charge in [0.15, 0.2) is 0 Å². The Kier molecular flexibility index (Phi) is 4.14. The number of hydrogen-bond donors (Lipinski definition) is 1. The lowest BCUT2D eigenvalue weighted by Crippen LogP contribution is -2.31. The van der Waals surface area contributed by atoms with Crippen molar-refractivity contribution in [3.63, 3.8) is 0 Å². The minimum atomic E-state index is -4.54. The lowest BCUT2D eigenvalue weighted by Gasteiger charge is -2.16. The highest BCUT2D eigenvalue weighted by Crippen LogP contribution is 2.47. The van der Waals surface area contributed by atoms with Crippen LogP contribution in [-0.4, -0.2) is 12.5 Å². The first-order chi connectivity index (χ1) is 9.27. The molecule has 0 unspecified atom stereocenters. The van der Waals surface area contributed by atoms with Gasteiger partial charge in [-0.15, -0.1) is 0 Å². The summed E-state index contributed by atoms with van der Waals surface area (Å²) in [6.45, 7) is 2.47. The van der Waals surface area contributed by atoms with Crippen molar-refractivity contribution in [3.8, 4) is 0 Å². The summed E-state index contributed by atoms with van der Waals surface area (Å²) >= 11 is 3.00.